The number of nitrogens with one attached hydrogen (secondary N) is 1. The fourth-order valence-corrected chi connectivity index (χ4v) is 1.42. The molecule has 0 heterocycles. The van der Waals surface area contributed by atoms with E-state index in [-0.39, 0.29) is 5.82 Å². The molecule has 0 unspecified atom stereocenters. The summed E-state index contributed by atoms with van der Waals surface area (Å²) in [5.41, 5.74) is 4.25. The Morgan fingerprint density at radius 1 is 1.53 bits per heavy atom. The van der Waals surface area contributed by atoms with Gasteiger partial charge in [-0.2, -0.15) is 0 Å². The molecule has 3 N–H and O–H groups in total. The van der Waals surface area contributed by atoms with Gasteiger partial charge in [0.15, 0.2) is 0 Å². The molecule has 1 saturated carbocycles. The van der Waals surface area contributed by atoms with Crippen molar-refractivity contribution in [1.29, 1.82) is 0 Å². The predicted octanol–water partition coefficient (Wildman–Crippen LogP) is 1.51. The maximum atomic E-state index is 13.1. The van der Waals surface area contributed by atoms with Crippen LogP contribution in [0.5, 0.6) is 0 Å². The van der Waals surface area contributed by atoms with Crippen molar-refractivity contribution in [3.8, 4) is 0 Å². The van der Waals surface area contributed by atoms with Gasteiger partial charge in [-0.15, -0.1) is 0 Å². The monoisotopic (exact) mass is 207 g/mol. The van der Waals surface area contributed by atoms with E-state index >= 15 is 0 Å². The molecular formula is C11H14FN3. The number of hydrazine groups is 1. The van der Waals surface area contributed by atoms with E-state index in [0.717, 1.165) is 24.0 Å². The second-order valence-electron chi connectivity index (χ2n) is 3.81. The maximum absolute atomic E-state index is 13.1. The highest BCUT2D eigenvalue weighted by atomic mass is 19.1. The van der Waals surface area contributed by atoms with Gasteiger partial charge >= 0.3 is 0 Å². The summed E-state index contributed by atoms with van der Waals surface area (Å²) < 4.78 is 13.1. The molecule has 0 spiro atoms. The second kappa shape index (κ2) is 3.98. The van der Waals surface area contributed by atoms with Gasteiger partial charge in [0.2, 0.25) is 0 Å². The number of aliphatic imine (C=N–C) groups is 1. The van der Waals surface area contributed by atoms with E-state index in [0.29, 0.717) is 11.9 Å². The van der Waals surface area contributed by atoms with Crippen LogP contribution in [0.25, 0.3) is 0 Å². The zero-order valence-electron chi connectivity index (χ0n) is 8.63. The molecule has 15 heavy (non-hydrogen) atoms. The Hall–Kier alpha value is -1.42. The fraction of sp³-hybridized carbons (Fsp3) is 0.364. The quantitative estimate of drug-likeness (QED) is 0.334. The van der Waals surface area contributed by atoms with Crippen molar-refractivity contribution >= 4 is 5.84 Å². The Labute approximate surface area is 88.2 Å². The standard InChI is InChI=1S/C11H14FN3/c1-7-2-3-8(12)6-10(7)11(15-13)14-9-4-5-9/h2-3,6,9H,4-5,13H2,1H3,(H,14,15). The number of nitrogens with zero attached hydrogens (tertiary/aromatic N) is 1. The van der Waals surface area contributed by atoms with Crippen LogP contribution in [0.3, 0.4) is 0 Å². The molecule has 1 aromatic carbocycles. The molecule has 0 amide bonds. The summed E-state index contributed by atoms with van der Waals surface area (Å²) in [4.78, 5) is 4.39. The molecule has 0 radical (unpaired) electrons. The lowest BCUT2D eigenvalue weighted by Crippen LogP contribution is -2.32. The zero-order valence-corrected chi connectivity index (χ0v) is 8.63. The smallest absolute Gasteiger partial charge is 0.143 e. The van der Waals surface area contributed by atoms with Gasteiger partial charge in [0.1, 0.15) is 11.7 Å². The first-order valence-corrected chi connectivity index (χ1v) is 5.01. The lowest BCUT2D eigenvalue weighted by molar-refractivity contribution is 0.627. The Morgan fingerprint density at radius 2 is 2.27 bits per heavy atom. The van der Waals surface area contributed by atoms with Crippen molar-refractivity contribution < 1.29 is 4.39 Å². The first-order valence-electron chi connectivity index (χ1n) is 5.01. The Balaban J connectivity index is 2.36. The molecule has 0 aliphatic heterocycles. The van der Waals surface area contributed by atoms with Crippen molar-refractivity contribution in [2.75, 3.05) is 0 Å². The van der Waals surface area contributed by atoms with Crippen LogP contribution in [0.15, 0.2) is 23.2 Å². The Morgan fingerprint density at radius 3 is 2.87 bits per heavy atom. The minimum absolute atomic E-state index is 0.269. The molecule has 0 atom stereocenters. The molecule has 0 bridgehead atoms. The number of amidine groups is 1. The van der Waals surface area contributed by atoms with E-state index in [1.54, 1.807) is 6.07 Å². The third-order valence-corrected chi connectivity index (χ3v) is 2.45. The summed E-state index contributed by atoms with van der Waals surface area (Å²) in [6.45, 7) is 1.91. The molecular weight excluding hydrogens is 193 g/mol. The van der Waals surface area contributed by atoms with E-state index in [9.17, 15) is 4.39 Å². The molecule has 1 aromatic rings. The first-order chi connectivity index (χ1) is 7.20. The van der Waals surface area contributed by atoms with Crippen molar-refractivity contribution in [1.82, 2.24) is 5.43 Å². The van der Waals surface area contributed by atoms with Gasteiger partial charge in [-0.25, -0.2) is 10.2 Å². The number of nitrogens with two attached hydrogens (primary N) is 1. The summed E-state index contributed by atoms with van der Waals surface area (Å²) >= 11 is 0. The van der Waals surface area contributed by atoms with Crippen LogP contribution >= 0.6 is 0 Å². The molecule has 2 rings (SSSR count). The van der Waals surface area contributed by atoms with E-state index in [1.807, 2.05) is 6.92 Å². The summed E-state index contributed by atoms with van der Waals surface area (Å²) in [6.07, 6.45) is 2.19. The van der Waals surface area contributed by atoms with Gasteiger partial charge in [0, 0.05) is 5.56 Å². The van der Waals surface area contributed by atoms with E-state index in [4.69, 9.17) is 5.84 Å². The lowest BCUT2D eigenvalue weighted by Gasteiger charge is -2.08. The van der Waals surface area contributed by atoms with Crippen molar-refractivity contribution in [3.05, 3.63) is 35.1 Å². The van der Waals surface area contributed by atoms with Crippen LogP contribution in [0.2, 0.25) is 0 Å². The third kappa shape index (κ3) is 2.33. The molecule has 0 aromatic heterocycles. The van der Waals surface area contributed by atoms with Crippen molar-refractivity contribution in [2.24, 2.45) is 10.8 Å². The second-order valence-corrected chi connectivity index (χ2v) is 3.81. The highest BCUT2D eigenvalue weighted by Crippen LogP contribution is 2.24. The molecule has 3 nitrogen and oxygen atoms in total. The highest BCUT2D eigenvalue weighted by molar-refractivity contribution is 5.99. The third-order valence-electron chi connectivity index (χ3n) is 2.45. The molecule has 80 valence electrons. The number of halogens is 1. The minimum atomic E-state index is -0.269. The van der Waals surface area contributed by atoms with E-state index in [1.165, 1.54) is 12.1 Å². The average molecular weight is 207 g/mol. The zero-order chi connectivity index (χ0) is 10.8. The molecule has 1 aliphatic rings. The van der Waals surface area contributed by atoms with Gasteiger partial charge in [0.25, 0.3) is 0 Å². The fourth-order valence-electron chi connectivity index (χ4n) is 1.42. The summed E-state index contributed by atoms with van der Waals surface area (Å²) in [7, 11) is 0. The Kier molecular flexibility index (Phi) is 2.68. The number of hydrogen-bond donors (Lipinski definition) is 2. The number of hydrogen-bond acceptors (Lipinski definition) is 2. The average Bonchev–Trinajstić information content (AvgIpc) is 3.02. The van der Waals surface area contributed by atoms with Crippen LogP contribution in [-0.2, 0) is 0 Å². The molecule has 0 saturated heterocycles. The van der Waals surface area contributed by atoms with E-state index < -0.39 is 0 Å². The van der Waals surface area contributed by atoms with Crippen molar-refractivity contribution in [3.63, 3.8) is 0 Å². The van der Waals surface area contributed by atoms with E-state index in [2.05, 4.69) is 10.4 Å². The number of rotatable bonds is 2. The predicted molar refractivity (Wildman–Crippen MR) is 58.0 cm³/mol. The van der Waals surface area contributed by atoms with Crippen LogP contribution in [-0.4, -0.2) is 11.9 Å². The van der Waals surface area contributed by atoms with Crippen LogP contribution in [0.4, 0.5) is 4.39 Å². The van der Waals surface area contributed by atoms with Crippen LogP contribution in [0.1, 0.15) is 24.0 Å². The minimum Gasteiger partial charge on any atom is -0.308 e. The molecule has 1 fully saturated rings. The number of benzene rings is 1. The summed E-state index contributed by atoms with van der Waals surface area (Å²) in [5, 5.41) is 0. The molecule has 1 aliphatic carbocycles. The topological polar surface area (TPSA) is 50.4 Å². The van der Waals surface area contributed by atoms with Gasteiger partial charge in [-0.1, -0.05) is 6.07 Å². The maximum Gasteiger partial charge on any atom is 0.143 e. The van der Waals surface area contributed by atoms with Gasteiger partial charge in [-0.3, -0.25) is 4.99 Å². The first kappa shape index (κ1) is 10.1. The van der Waals surface area contributed by atoms with Gasteiger partial charge < -0.3 is 5.43 Å². The lowest BCUT2D eigenvalue weighted by atomic mass is 10.1. The summed E-state index contributed by atoms with van der Waals surface area (Å²) in [6, 6.07) is 4.98. The summed E-state index contributed by atoms with van der Waals surface area (Å²) in [5.74, 6) is 5.71. The number of aryl methyl sites for hydroxylation is 1. The van der Waals surface area contributed by atoms with Crippen molar-refractivity contribution in [2.45, 2.75) is 25.8 Å². The SMILES string of the molecule is Cc1ccc(F)cc1C(=NC1CC1)NN. The van der Waals surface area contributed by atoms with Crippen LogP contribution in [0, 0.1) is 12.7 Å². The molecule has 4 heteroatoms. The van der Waals surface area contributed by atoms with Gasteiger partial charge in [0.05, 0.1) is 6.04 Å². The van der Waals surface area contributed by atoms with Crippen LogP contribution < -0.4 is 11.3 Å². The highest BCUT2D eigenvalue weighted by Gasteiger charge is 2.21. The normalized spacial score (nSPS) is 16.6. The Bertz CT molecular complexity index is 397. The van der Waals surface area contributed by atoms with Gasteiger partial charge in [-0.05, 0) is 37.5 Å². The largest absolute Gasteiger partial charge is 0.308 e.